The Bertz CT molecular complexity index is 800. The molecule has 3 rings (SSSR count). The molecule has 7 heteroatoms. The summed E-state index contributed by atoms with van der Waals surface area (Å²) in [5.41, 5.74) is 0.622. The van der Waals surface area contributed by atoms with Gasteiger partial charge in [-0.15, -0.1) is 11.3 Å². The first kappa shape index (κ1) is 17.6. The molecule has 0 bridgehead atoms. The zero-order valence-corrected chi connectivity index (χ0v) is 15.1. The molecule has 0 aliphatic rings. The summed E-state index contributed by atoms with van der Waals surface area (Å²) in [5, 5.41) is 9.52. The second-order valence-corrected chi connectivity index (χ2v) is 6.95. The fraction of sp³-hybridized carbons (Fsp3) is 0.278. The van der Waals surface area contributed by atoms with Crippen molar-refractivity contribution in [3.63, 3.8) is 0 Å². The van der Waals surface area contributed by atoms with Crippen LogP contribution in [-0.4, -0.2) is 22.6 Å². The van der Waals surface area contributed by atoms with E-state index in [1.165, 1.54) is 0 Å². The molecule has 0 aliphatic heterocycles. The predicted molar refractivity (Wildman–Crippen MR) is 99.0 cm³/mol. The summed E-state index contributed by atoms with van der Waals surface area (Å²) in [5.74, 6) is 1.24. The minimum atomic E-state index is -0.0749. The first-order valence-corrected chi connectivity index (χ1v) is 9.38. The van der Waals surface area contributed by atoms with Crippen LogP contribution in [0.1, 0.15) is 35.5 Å². The smallest absolute Gasteiger partial charge is 0.251 e. The number of nitrogens with one attached hydrogen (secondary N) is 1. The van der Waals surface area contributed by atoms with Gasteiger partial charge in [0.25, 0.3) is 5.91 Å². The molecule has 0 atom stereocenters. The zero-order valence-electron chi connectivity index (χ0n) is 13.6. The Labute approximate surface area is 155 Å². The van der Waals surface area contributed by atoms with Gasteiger partial charge in [0.1, 0.15) is 0 Å². The number of benzene rings is 1. The van der Waals surface area contributed by atoms with Gasteiger partial charge in [-0.05, 0) is 48.6 Å². The highest BCUT2D eigenvalue weighted by Gasteiger charge is 2.09. The fourth-order valence-electron chi connectivity index (χ4n) is 2.35. The number of rotatable bonds is 8. The average molecular weight is 376 g/mol. The van der Waals surface area contributed by atoms with Crippen LogP contribution in [0.15, 0.2) is 46.3 Å². The lowest BCUT2D eigenvalue weighted by molar-refractivity contribution is 0.0953. The van der Waals surface area contributed by atoms with Crippen LogP contribution < -0.4 is 5.32 Å². The lowest BCUT2D eigenvalue weighted by Gasteiger charge is -2.05. The third kappa shape index (κ3) is 5.14. The van der Waals surface area contributed by atoms with E-state index >= 15 is 0 Å². The number of amides is 1. The van der Waals surface area contributed by atoms with Gasteiger partial charge in [0, 0.05) is 23.6 Å². The van der Waals surface area contributed by atoms with E-state index in [-0.39, 0.29) is 5.91 Å². The standard InChI is InChI=1S/C18H18ClN3O2S/c19-14-9-7-13(8-10-14)18(23)20-11-3-1-2-6-16-21-17(22-24-16)15-5-4-12-25-15/h4-5,7-10,12H,1-3,6,11H2,(H,20,23). The van der Waals surface area contributed by atoms with Gasteiger partial charge in [-0.3, -0.25) is 4.79 Å². The number of thiophene rings is 1. The van der Waals surface area contributed by atoms with Crippen molar-refractivity contribution in [3.05, 3.63) is 58.3 Å². The van der Waals surface area contributed by atoms with Crippen molar-refractivity contribution in [2.24, 2.45) is 0 Å². The van der Waals surface area contributed by atoms with Crippen LogP contribution in [0.4, 0.5) is 0 Å². The summed E-state index contributed by atoms with van der Waals surface area (Å²) < 4.78 is 5.27. The van der Waals surface area contributed by atoms with E-state index in [2.05, 4.69) is 15.5 Å². The van der Waals surface area contributed by atoms with E-state index in [1.807, 2.05) is 17.5 Å². The van der Waals surface area contributed by atoms with Gasteiger partial charge >= 0.3 is 0 Å². The van der Waals surface area contributed by atoms with Crippen molar-refractivity contribution in [2.45, 2.75) is 25.7 Å². The topological polar surface area (TPSA) is 68.0 Å². The molecule has 25 heavy (non-hydrogen) atoms. The summed E-state index contributed by atoms with van der Waals surface area (Å²) in [6, 6.07) is 10.8. The number of carbonyl (C=O) groups is 1. The molecule has 0 unspecified atom stereocenters. The number of hydrogen-bond acceptors (Lipinski definition) is 5. The van der Waals surface area contributed by atoms with Crippen LogP contribution in [0.25, 0.3) is 10.7 Å². The third-order valence-electron chi connectivity index (χ3n) is 3.67. The van der Waals surface area contributed by atoms with Gasteiger partial charge < -0.3 is 9.84 Å². The van der Waals surface area contributed by atoms with E-state index in [1.54, 1.807) is 35.6 Å². The van der Waals surface area contributed by atoms with Crippen LogP contribution >= 0.6 is 22.9 Å². The molecule has 0 aliphatic carbocycles. The molecule has 1 N–H and O–H groups in total. The molecule has 0 saturated carbocycles. The molecule has 2 heterocycles. The maximum Gasteiger partial charge on any atom is 0.251 e. The highest BCUT2D eigenvalue weighted by Crippen LogP contribution is 2.21. The third-order valence-corrected chi connectivity index (χ3v) is 4.79. The Morgan fingerprint density at radius 2 is 2.00 bits per heavy atom. The molecular weight excluding hydrogens is 358 g/mol. The Hall–Kier alpha value is -2.18. The quantitative estimate of drug-likeness (QED) is 0.584. The number of carbonyl (C=O) groups excluding carboxylic acids is 1. The van der Waals surface area contributed by atoms with E-state index in [9.17, 15) is 4.79 Å². The summed E-state index contributed by atoms with van der Waals surface area (Å²) in [6.07, 6.45) is 3.59. The lowest BCUT2D eigenvalue weighted by Crippen LogP contribution is -2.24. The minimum Gasteiger partial charge on any atom is -0.352 e. The van der Waals surface area contributed by atoms with Crippen LogP contribution in [-0.2, 0) is 6.42 Å². The summed E-state index contributed by atoms with van der Waals surface area (Å²) >= 11 is 7.40. The Morgan fingerprint density at radius 1 is 1.16 bits per heavy atom. The van der Waals surface area contributed by atoms with Gasteiger partial charge in [-0.25, -0.2) is 0 Å². The highest BCUT2D eigenvalue weighted by molar-refractivity contribution is 7.13. The number of hydrogen-bond donors (Lipinski definition) is 1. The minimum absolute atomic E-state index is 0.0749. The van der Waals surface area contributed by atoms with Gasteiger partial charge in [0.2, 0.25) is 11.7 Å². The SMILES string of the molecule is O=C(NCCCCCc1nc(-c2cccs2)no1)c1ccc(Cl)cc1. The summed E-state index contributed by atoms with van der Waals surface area (Å²) in [6.45, 7) is 0.645. The molecule has 1 amide bonds. The van der Waals surface area contributed by atoms with Crippen molar-refractivity contribution in [2.75, 3.05) is 6.54 Å². The van der Waals surface area contributed by atoms with E-state index < -0.39 is 0 Å². The molecule has 0 fully saturated rings. The average Bonchev–Trinajstić information content (AvgIpc) is 3.29. The maximum absolute atomic E-state index is 11.9. The molecule has 3 aromatic rings. The number of aryl methyl sites for hydroxylation is 1. The second-order valence-electron chi connectivity index (χ2n) is 5.56. The summed E-state index contributed by atoms with van der Waals surface area (Å²) in [4.78, 5) is 17.4. The molecule has 0 saturated heterocycles. The summed E-state index contributed by atoms with van der Waals surface area (Å²) in [7, 11) is 0. The predicted octanol–water partition coefficient (Wildman–Crippen LogP) is 4.59. The Morgan fingerprint density at radius 3 is 2.76 bits per heavy atom. The Kier molecular flexibility index (Phi) is 6.19. The monoisotopic (exact) mass is 375 g/mol. The fourth-order valence-corrected chi connectivity index (χ4v) is 3.12. The van der Waals surface area contributed by atoms with Gasteiger partial charge in [-0.1, -0.05) is 29.2 Å². The first-order chi connectivity index (χ1) is 12.2. The zero-order chi connectivity index (χ0) is 17.5. The van der Waals surface area contributed by atoms with Crippen molar-refractivity contribution in [3.8, 4) is 10.7 Å². The van der Waals surface area contributed by atoms with Crippen LogP contribution in [0.3, 0.4) is 0 Å². The molecule has 0 radical (unpaired) electrons. The largest absolute Gasteiger partial charge is 0.352 e. The first-order valence-electron chi connectivity index (χ1n) is 8.12. The van der Waals surface area contributed by atoms with E-state index in [4.69, 9.17) is 16.1 Å². The molecule has 2 aromatic heterocycles. The van der Waals surface area contributed by atoms with E-state index in [0.29, 0.717) is 28.8 Å². The number of aromatic nitrogens is 2. The highest BCUT2D eigenvalue weighted by atomic mass is 35.5. The van der Waals surface area contributed by atoms with Gasteiger partial charge in [0.15, 0.2) is 0 Å². The molecular formula is C18H18ClN3O2S. The Balaban J connectivity index is 1.32. The molecule has 0 spiro atoms. The van der Waals surface area contributed by atoms with Crippen molar-refractivity contribution < 1.29 is 9.32 Å². The molecule has 130 valence electrons. The molecule has 1 aromatic carbocycles. The van der Waals surface area contributed by atoms with Crippen LogP contribution in [0, 0.1) is 0 Å². The van der Waals surface area contributed by atoms with Crippen molar-refractivity contribution in [1.82, 2.24) is 15.5 Å². The number of halogens is 1. The number of unbranched alkanes of at least 4 members (excludes halogenated alkanes) is 2. The van der Waals surface area contributed by atoms with E-state index in [0.717, 1.165) is 30.6 Å². The van der Waals surface area contributed by atoms with Crippen LogP contribution in [0.5, 0.6) is 0 Å². The van der Waals surface area contributed by atoms with Crippen molar-refractivity contribution in [1.29, 1.82) is 0 Å². The van der Waals surface area contributed by atoms with Crippen molar-refractivity contribution >= 4 is 28.8 Å². The normalized spacial score (nSPS) is 10.8. The van der Waals surface area contributed by atoms with Gasteiger partial charge in [0.05, 0.1) is 4.88 Å². The van der Waals surface area contributed by atoms with Crippen LogP contribution in [0.2, 0.25) is 5.02 Å². The molecule has 5 nitrogen and oxygen atoms in total. The maximum atomic E-state index is 11.9. The number of nitrogens with zero attached hydrogens (tertiary/aromatic N) is 2. The lowest BCUT2D eigenvalue weighted by atomic mass is 10.2. The van der Waals surface area contributed by atoms with Gasteiger partial charge in [-0.2, -0.15) is 4.98 Å². The second kappa shape index (κ2) is 8.78.